The third-order valence-corrected chi connectivity index (χ3v) is 7.46. The van der Waals surface area contributed by atoms with E-state index in [0.717, 1.165) is 24.2 Å². The van der Waals surface area contributed by atoms with Crippen molar-refractivity contribution < 1.29 is 14.3 Å². The van der Waals surface area contributed by atoms with Crippen LogP contribution in [0.25, 0.3) is 0 Å². The summed E-state index contributed by atoms with van der Waals surface area (Å²) >= 11 is 7.44. The predicted molar refractivity (Wildman–Crippen MR) is 156 cm³/mol. The van der Waals surface area contributed by atoms with Crippen LogP contribution in [0.4, 0.5) is 11.4 Å². The lowest BCUT2D eigenvalue weighted by Gasteiger charge is -2.32. The van der Waals surface area contributed by atoms with Gasteiger partial charge < -0.3 is 10.1 Å². The molecule has 1 saturated heterocycles. The van der Waals surface area contributed by atoms with Gasteiger partial charge in [0.2, 0.25) is 11.8 Å². The summed E-state index contributed by atoms with van der Waals surface area (Å²) in [5.74, 6) is 0.379. The molecule has 1 aliphatic heterocycles. The van der Waals surface area contributed by atoms with Crippen molar-refractivity contribution in [2.45, 2.75) is 50.8 Å². The van der Waals surface area contributed by atoms with Gasteiger partial charge in [-0.15, -0.1) is 0 Å². The molecule has 1 N–H and O–H groups in total. The first kappa shape index (κ1) is 27.7. The number of hydrogen-bond acceptors (Lipinski definition) is 5. The molecular weight excluding hydrogens is 518 g/mol. The largest absolute Gasteiger partial charge is 0.494 e. The number of ether oxygens (including phenoxy) is 1. The third-order valence-electron chi connectivity index (χ3n) is 6.04. The fraction of sp³-hybridized carbons (Fsp3) is 0.300. The van der Waals surface area contributed by atoms with Crippen LogP contribution in [0.5, 0.6) is 5.75 Å². The van der Waals surface area contributed by atoms with Crippen LogP contribution in [0.3, 0.4) is 0 Å². The molecule has 1 unspecified atom stereocenters. The van der Waals surface area contributed by atoms with E-state index in [4.69, 9.17) is 21.3 Å². The number of unbranched alkanes of at least 4 members (excludes halogenated alkanes) is 3. The van der Waals surface area contributed by atoms with Crippen molar-refractivity contribution in [3.8, 4) is 5.75 Å². The highest BCUT2D eigenvalue weighted by molar-refractivity contribution is 8.15. The van der Waals surface area contributed by atoms with E-state index in [0.29, 0.717) is 34.7 Å². The van der Waals surface area contributed by atoms with Crippen molar-refractivity contribution in [1.29, 1.82) is 0 Å². The fourth-order valence-electron chi connectivity index (χ4n) is 3.99. The maximum absolute atomic E-state index is 13.3. The first-order valence-corrected chi connectivity index (χ1v) is 14.2. The molecule has 1 fully saturated rings. The second-order valence-electron chi connectivity index (χ2n) is 9.07. The van der Waals surface area contributed by atoms with E-state index in [2.05, 4.69) is 12.2 Å². The molecule has 0 aromatic heterocycles. The van der Waals surface area contributed by atoms with E-state index in [1.807, 2.05) is 60.7 Å². The predicted octanol–water partition coefficient (Wildman–Crippen LogP) is 7.46. The number of halogens is 1. The van der Waals surface area contributed by atoms with Gasteiger partial charge in [-0.1, -0.05) is 85.9 Å². The van der Waals surface area contributed by atoms with Crippen molar-refractivity contribution >= 4 is 51.7 Å². The van der Waals surface area contributed by atoms with Crippen molar-refractivity contribution in [2.24, 2.45) is 4.99 Å². The van der Waals surface area contributed by atoms with E-state index in [1.54, 1.807) is 23.1 Å². The zero-order valence-electron chi connectivity index (χ0n) is 21.4. The third kappa shape index (κ3) is 8.10. The minimum absolute atomic E-state index is 0.0802. The molecule has 1 heterocycles. The van der Waals surface area contributed by atoms with E-state index < -0.39 is 5.25 Å². The van der Waals surface area contributed by atoms with E-state index in [1.165, 1.54) is 24.6 Å². The van der Waals surface area contributed by atoms with Gasteiger partial charge in [0.05, 0.1) is 18.8 Å². The summed E-state index contributed by atoms with van der Waals surface area (Å²) < 4.78 is 5.79. The van der Waals surface area contributed by atoms with E-state index in [-0.39, 0.29) is 18.2 Å². The molecule has 0 saturated carbocycles. The van der Waals surface area contributed by atoms with Crippen LogP contribution in [0, 0.1) is 0 Å². The number of carbonyl (C=O) groups excluding carboxylic acids is 2. The highest BCUT2D eigenvalue weighted by Crippen LogP contribution is 2.31. The summed E-state index contributed by atoms with van der Waals surface area (Å²) in [7, 11) is 0. The molecule has 198 valence electrons. The minimum Gasteiger partial charge on any atom is -0.494 e. The fourth-order valence-corrected chi connectivity index (χ4v) is 5.28. The molecule has 3 aromatic carbocycles. The number of benzene rings is 3. The number of anilines is 1. The number of nitrogens with one attached hydrogen (secondary N) is 1. The molecule has 38 heavy (non-hydrogen) atoms. The Morgan fingerprint density at radius 1 is 1.05 bits per heavy atom. The van der Waals surface area contributed by atoms with Crippen molar-refractivity contribution in [3.63, 3.8) is 0 Å². The van der Waals surface area contributed by atoms with Gasteiger partial charge in [-0.25, -0.2) is 4.99 Å². The first-order valence-electron chi connectivity index (χ1n) is 12.9. The molecular formula is C30H32ClN3O3S. The molecule has 4 rings (SSSR count). The minimum atomic E-state index is -0.609. The van der Waals surface area contributed by atoms with Crippen LogP contribution in [0.1, 0.15) is 44.6 Å². The van der Waals surface area contributed by atoms with Crippen molar-refractivity contribution in [2.75, 3.05) is 11.9 Å². The van der Waals surface area contributed by atoms with Gasteiger partial charge >= 0.3 is 0 Å². The van der Waals surface area contributed by atoms with Gasteiger partial charge in [-0.3, -0.25) is 14.5 Å². The van der Waals surface area contributed by atoms with Crippen LogP contribution in [-0.2, 0) is 16.1 Å². The highest BCUT2D eigenvalue weighted by atomic mass is 35.5. The Kier molecular flexibility index (Phi) is 10.2. The molecule has 2 amide bonds. The molecule has 8 heteroatoms. The Morgan fingerprint density at radius 2 is 1.84 bits per heavy atom. The smallest absolute Gasteiger partial charge is 0.238 e. The Labute approximate surface area is 233 Å². The van der Waals surface area contributed by atoms with Gasteiger partial charge in [-0.2, -0.15) is 0 Å². The molecule has 0 bridgehead atoms. The normalized spacial score (nSPS) is 16.5. The number of nitrogens with zero attached hydrogens (tertiary/aromatic N) is 2. The number of hydrogen-bond donors (Lipinski definition) is 1. The van der Waals surface area contributed by atoms with Gasteiger partial charge in [0.1, 0.15) is 11.0 Å². The number of rotatable bonds is 11. The Balaban J connectivity index is 1.44. The molecule has 3 aromatic rings. The lowest BCUT2D eigenvalue weighted by molar-refractivity contribution is -0.129. The Bertz CT molecular complexity index is 1250. The molecule has 1 atom stereocenters. The second kappa shape index (κ2) is 14.0. The summed E-state index contributed by atoms with van der Waals surface area (Å²) in [5, 5.41) is 3.35. The first-order chi connectivity index (χ1) is 18.5. The molecule has 0 spiro atoms. The van der Waals surface area contributed by atoms with Crippen LogP contribution in [-0.4, -0.2) is 33.7 Å². The molecule has 0 aliphatic carbocycles. The number of amides is 2. The standard InChI is InChI=1S/C30H32ClN3O3S/c1-2-3-4-8-18-37-26-16-14-24(15-17-26)32-29(36)27-20-28(35)34(21-22-10-6-5-7-11-22)30(38-27)33-25-13-9-12-23(31)19-25/h5-7,9-17,19,27H,2-4,8,18,20-21H2,1H3,(H,32,36). The average Bonchev–Trinajstić information content (AvgIpc) is 2.92. The molecule has 0 radical (unpaired) electrons. The van der Waals surface area contributed by atoms with Crippen molar-refractivity contribution in [3.05, 3.63) is 89.4 Å². The Morgan fingerprint density at radius 3 is 2.58 bits per heavy atom. The van der Waals surface area contributed by atoms with Crippen LogP contribution < -0.4 is 10.1 Å². The van der Waals surface area contributed by atoms with E-state index >= 15 is 0 Å². The Hall–Kier alpha value is -3.29. The SMILES string of the molecule is CCCCCCOc1ccc(NC(=O)C2CC(=O)N(Cc3ccccc3)C(=Nc3cccc(Cl)c3)S2)cc1. The van der Waals surface area contributed by atoms with E-state index in [9.17, 15) is 9.59 Å². The van der Waals surface area contributed by atoms with Gasteiger partial charge in [0.25, 0.3) is 0 Å². The van der Waals surface area contributed by atoms with Crippen LogP contribution >= 0.6 is 23.4 Å². The number of thioether (sulfide) groups is 1. The number of carbonyl (C=O) groups is 2. The van der Waals surface area contributed by atoms with Crippen LogP contribution in [0.15, 0.2) is 83.9 Å². The summed E-state index contributed by atoms with van der Waals surface area (Å²) in [4.78, 5) is 32.8. The van der Waals surface area contributed by atoms with Crippen molar-refractivity contribution in [1.82, 2.24) is 4.90 Å². The lowest BCUT2D eigenvalue weighted by Crippen LogP contribution is -2.44. The van der Waals surface area contributed by atoms with Gasteiger partial charge in [0.15, 0.2) is 5.17 Å². The summed E-state index contributed by atoms with van der Waals surface area (Å²) in [6.07, 6.45) is 4.67. The zero-order valence-corrected chi connectivity index (χ0v) is 23.0. The van der Waals surface area contributed by atoms with Gasteiger partial charge in [0, 0.05) is 17.1 Å². The maximum Gasteiger partial charge on any atom is 0.238 e. The number of amidine groups is 1. The lowest BCUT2D eigenvalue weighted by atomic mass is 10.2. The monoisotopic (exact) mass is 549 g/mol. The second-order valence-corrected chi connectivity index (χ2v) is 10.7. The topological polar surface area (TPSA) is 71.0 Å². The quantitative estimate of drug-likeness (QED) is 0.252. The summed E-state index contributed by atoms with van der Waals surface area (Å²) in [5.41, 5.74) is 2.26. The summed E-state index contributed by atoms with van der Waals surface area (Å²) in [6.45, 7) is 3.24. The van der Waals surface area contributed by atoms with Gasteiger partial charge in [-0.05, 0) is 54.4 Å². The number of aliphatic imine (C=N–C) groups is 1. The highest BCUT2D eigenvalue weighted by Gasteiger charge is 2.36. The molecule has 1 aliphatic rings. The maximum atomic E-state index is 13.3. The summed E-state index contributed by atoms with van der Waals surface area (Å²) in [6, 6.07) is 24.2. The molecule has 6 nitrogen and oxygen atoms in total. The zero-order chi connectivity index (χ0) is 26.7. The average molecular weight is 550 g/mol. The van der Waals surface area contributed by atoms with Crippen LogP contribution in [0.2, 0.25) is 5.02 Å².